The predicted octanol–water partition coefficient (Wildman–Crippen LogP) is 3.70. The van der Waals surface area contributed by atoms with E-state index >= 15 is 0 Å². The second-order valence-corrected chi connectivity index (χ2v) is 6.11. The van der Waals surface area contributed by atoms with Crippen molar-refractivity contribution < 1.29 is 5.11 Å². The van der Waals surface area contributed by atoms with Crippen molar-refractivity contribution in [2.45, 2.75) is 4.90 Å². The number of fused-ring (bicyclic) bond motifs is 2. The number of aromatic hydroxyl groups is 1. The molecule has 0 spiro atoms. The Kier molecular flexibility index (Phi) is 3.44. The van der Waals surface area contributed by atoms with Crippen LogP contribution < -0.4 is 10.0 Å². The summed E-state index contributed by atoms with van der Waals surface area (Å²) in [5, 5.41) is 13.6. The zero-order chi connectivity index (χ0) is 15.8. The van der Waals surface area contributed by atoms with Crippen LogP contribution in [0.15, 0.2) is 52.6 Å². The third-order valence-corrected chi connectivity index (χ3v) is 4.28. The summed E-state index contributed by atoms with van der Waals surface area (Å²) in [6.45, 7) is 0. The summed E-state index contributed by atoms with van der Waals surface area (Å²) in [6, 6.07) is 8.88. The highest BCUT2D eigenvalue weighted by atomic mass is 35.5. The molecule has 0 unspecified atom stereocenters. The molecule has 8 heteroatoms. The summed E-state index contributed by atoms with van der Waals surface area (Å²) < 4.78 is 3.08. The Labute approximate surface area is 140 Å². The smallest absolute Gasteiger partial charge is 0.211 e. The Morgan fingerprint density at radius 1 is 1.09 bits per heavy atom. The number of benzene rings is 2. The maximum atomic E-state index is 9.98. The summed E-state index contributed by atoms with van der Waals surface area (Å²) in [5.74, 6) is 0.563. The van der Waals surface area contributed by atoms with Gasteiger partial charge in [-0.25, -0.2) is 4.99 Å². The van der Waals surface area contributed by atoms with Gasteiger partial charge in [0, 0.05) is 29.2 Å². The van der Waals surface area contributed by atoms with Crippen molar-refractivity contribution in [1.82, 2.24) is 14.7 Å². The summed E-state index contributed by atoms with van der Waals surface area (Å²) >= 11 is 7.26. The lowest BCUT2D eigenvalue weighted by atomic mass is 10.2. The molecule has 0 saturated heterocycles. The van der Waals surface area contributed by atoms with E-state index in [1.54, 1.807) is 18.5 Å². The number of halogens is 1. The lowest BCUT2D eigenvalue weighted by molar-refractivity contribution is 0.475. The first-order valence-electron chi connectivity index (χ1n) is 6.71. The first kappa shape index (κ1) is 14.1. The number of phenols is 1. The largest absolute Gasteiger partial charge is 0.506 e. The molecular weight excluding hydrogens is 334 g/mol. The fraction of sp³-hybridized carbons (Fsp3) is 0. The number of guanidine groups is 1. The van der Waals surface area contributed by atoms with Crippen molar-refractivity contribution in [3.63, 3.8) is 0 Å². The number of hydrogen-bond donors (Lipinski definition) is 3. The zero-order valence-corrected chi connectivity index (χ0v) is 13.2. The Bertz CT molecular complexity index is 946. The molecular formula is C15H10ClN5OS. The zero-order valence-electron chi connectivity index (χ0n) is 11.6. The molecule has 0 aliphatic carbocycles. The summed E-state index contributed by atoms with van der Waals surface area (Å²) in [7, 11) is 0. The van der Waals surface area contributed by atoms with Crippen molar-refractivity contribution in [2.75, 3.05) is 5.32 Å². The van der Waals surface area contributed by atoms with Crippen molar-refractivity contribution in [2.24, 2.45) is 4.99 Å². The molecule has 0 atom stereocenters. The topological polar surface area (TPSA) is 82.4 Å². The minimum Gasteiger partial charge on any atom is -0.506 e. The predicted molar refractivity (Wildman–Crippen MR) is 92.4 cm³/mol. The quantitative estimate of drug-likeness (QED) is 0.584. The van der Waals surface area contributed by atoms with Crippen molar-refractivity contribution in [3.8, 4) is 5.75 Å². The lowest BCUT2D eigenvalue weighted by Crippen LogP contribution is -2.26. The fourth-order valence-corrected chi connectivity index (χ4v) is 3.23. The molecule has 1 aliphatic heterocycles. The molecule has 0 bridgehead atoms. The number of anilines is 1. The Balaban J connectivity index is 1.66. The van der Waals surface area contributed by atoms with Crippen LogP contribution in [0, 0.1) is 0 Å². The third kappa shape index (κ3) is 2.76. The molecule has 6 nitrogen and oxygen atoms in total. The van der Waals surface area contributed by atoms with E-state index in [1.165, 1.54) is 18.0 Å². The van der Waals surface area contributed by atoms with E-state index in [1.807, 2.05) is 18.2 Å². The second-order valence-electron chi connectivity index (χ2n) is 4.82. The molecule has 4 rings (SSSR count). The van der Waals surface area contributed by atoms with Crippen LogP contribution in [0.2, 0.25) is 5.02 Å². The first-order valence-corrected chi connectivity index (χ1v) is 7.90. The van der Waals surface area contributed by atoms with Crippen LogP contribution in [0.5, 0.6) is 5.75 Å². The number of phenolic OH excluding ortho intramolecular Hbond substituents is 1. The molecule has 114 valence electrons. The molecule has 3 N–H and O–H groups in total. The molecule has 2 heterocycles. The highest BCUT2D eigenvalue weighted by molar-refractivity contribution is 7.98. The monoisotopic (exact) mass is 343 g/mol. The Morgan fingerprint density at radius 3 is 2.78 bits per heavy atom. The van der Waals surface area contributed by atoms with E-state index in [-0.39, 0.29) is 5.75 Å². The number of nitrogens with zero attached hydrogens (tertiary/aromatic N) is 3. The van der Waals surface area contributed by atoms with Gasteiger partial charge in [-0.05, 0) is 36.2 Å². The molecule has 0 saturated carbocycles. The van der Waals surface area contributed by atoms with Gasteiger partial charge in [-0.3, -0.25) is 14.7 Å². The van der Waals surface area contributed by atoms with Gasteiger partial charge in [-0.2, -0.15) is 0 Å². The van der Waals surface area contributed by atoms with Crippen LogP contribution >= 0.6 is 23.5 Å². The normalized spacial score (nSPS) is 13.2. The average molecular weight is 344 g/mol. The summed E-state index contributed by atoms with van der Waals surface area (Å²) in [5.41, 5.74) is 2.92. The molecule has 1 aromatic heterocycles. The van der Waals surface area contributed by atoms with Crippen LogP contribution in [-0.2, 0) is 0 Å². The van der Waals surface area contributed by atoms with Crippen LogP contribution in [0.3, 0.4) is 0 Å². The van der Waals surface area contributed by atoms with Gasteiger partial charge in [0.15, 0.2) is 0 Å². The van der Waals surface area contributed by atoms with E-state index in [9.17, 15) is 5.11 Å². The second kappa shape index (κ2) is 5.60. The van der Waals surface area contributed by atoms with Crippen molar-refractivity contribution in [3.05, 3.63) is 47.7 Å². The Morgan fingerprint density at radius 2 is 1.91 bits per heavy atom. The number of rotatable bonds is 1. The van der Waals surface area contributed by atoms with Gasteiger partial charge in [0.1, 0.15) is 11.4 Å². The van der Waals surface area contributed by atoms with Crippen molar-refractivity contribution in [1.29, 1.82) is 0 Å². The van der Waals surface area contributed by atoms with Crippen LogP contribution in [0.25, 0.3) is 11.0 Å². The van der Waals surface area contributed by atoms with Gasteiger partial charge < -0.3 is 10.4 Å². The molecule has 0 amide bonds. The maximum absolute atomic E-state index is 9.98. The Hall–Kier alpha value is -2.51. The van der Waals surface area contributed by atoms with E-state index in [0.29, 0.717) is 16.7 Å². The standard InChI is InChI=1S/C15H10ClN5OS/c16-8-5-12(22)14-13(6-8)23-21-15(20-14)19-9-1-2-10-11(7-9)18-4-3-17-10/h1-7,22H,(H2,19,20,21). The number of nitrogens with one attached hydrogen (secondary N) is 2. The van der Waals surface area contributed by atoms with E-state index in [4.69, 9.17) is 11.6 Å². The number of aliphatic imine (C=N–C) groups is 1. The van der Waals surface area contributed by atoms with Crippen LogP contribution in [0.1, 0.15) is 0 Å². The number of aromatic nitrogens is 2. The molecule has 1 aliphatic rings. The minimum absolute atomic E-state index is 0.0465. The van der Waals surface area contributed by atoms with E-state index in [2.05, 4.69) is 25.0 Å². The average Bonchev–Trinajstić information content (AvgIpc) is 2.55. The highest BCUT2D eigenvalue weighted by Crippen LogP contribution is 2.41. The van der Waals surface area contributed by atoms with Gasteiger partial charge in [-0.15, -0.1) is 0 Å². The molecule has 0 radical (unpaired) electrons. The lowest BCUT2D eigenvalue weighted by Gasteiger charge is -2.18. The molecule has 2 aromatic carbocycles. The SMILES string of the molecule is Oc1cc(Cl)cc2c1N=C(Nc1ccc3nccnc3c1)NS2. The van der Waals surface area contributed by atoms with Gasteiger partial charge in [-0.1, -0.05) is 11.6 Å². The summed E-state index contributed by atoms with van der Waals surface area (Å²) in [4.78, 5) is 13.7. The highest BCUT2D eigenvalue weighted by Gasteiger charge is 2.17. The third-order valence-electron chi connectivity index (χ3n) is 3.23. The molecule has 0 fully saturated rings. The maximum Gasteiger partial charge on any atom is 0.211 e. The van der Waals surface area contributed by atoms with E-state index < -0.39 is 0 Å². The van der Waals surface area contributed by atoms with Crippen molar-refractivity contribution >= 4 is 51.9 Å². The van der Waals surface area contributed by atoms with Gasteiger partial charge in [0.05, 0.1) is 15.9 Å². The van der Waals surface area contributed by atoms with Gasteiger partial charge >= 0.3 is 0 Å². The van der Waals surface area contributed by atoms with Gasteiger partial charge in [0.25, 0.3) is 0 Å². The van der Waals surface area contributed by atoms with Crippen LogP contribution in [-0.4, -0.2) is 21.0 Å². The molecule has 23 heavy (non-hydrogen) atoms. The fourth-order valence-electron chi connectivity index (χ4n) is 2.22. The van der Waals surface area contributed by atoms with E-state index in [0.717, 1.165) is 21.6 Å². The summed E-state index contributed by atoms with van der Waals surface area (Å²) in [6.07, 6.45) is 3.31. The minimum atomic E-state index is 0.0465. The van der Waals surface area contributed by atoms with Crippen LogP contribution in [0.4, 0.5) is 11.4 Å². The molecule has 3 aromatic rings. The van der Waals surface area contributed by atoms with Gasteiger partial charge in [0.2, 0.25) is 5.96 Å². The number of hydrogen-bond acceptors (Lipinski definition) is 7. The first-order chi connectivity index (χ1) is 11.2.